The molecule has 1 fully saturated rings. The Kier molecular flexibility index (Phi) is 7.37. The van der Waals surface area contributed by atoms with Crippen LogP contribution in [0.3, 0.4) is 0 Å². The van der Waals surface area contributed by atoms with Gasteiger partial charge in [0.05, 0.1) is 6.04 Å². The third-order valence-corrected chi connectivity index (χ3v) is 4.47. The average molecular weight is 420 g/mol. The van der Waals surface area contributed by atoms with E-state index >= 15 is 0 Å². The van der Waals surface area contributed by atoms with Crippen LogP contribution in [0.15, 0.2) is 18.3 Å². The maximum absolute atomic E-state index is 12.7. The summed E-state index contributed by atoms with van der Waals surface area (Å²) in [6.07, 6.45) is 2.82. The Labute approximate surface area is 180 Å². The predicted octanol–water partition coefficient (Wildman–Crippen LogP) is 5.55. The normalized spacial score (nSPS) is 17.2. The van der Waals surface area contributed by atoms with E-state index in [0.717, 1.165) is 18.4 Å². The molecule has 1 aliphatic heterocycles. The van der Waals surface area contributed by atoms with E-state index in [1.165, 1.54) is 0 Å². The lowest BCUT2D eigenvalue weighted by atomic mass is 10.1. The number of likely N-dealkylation sites (tertiary alicyclic amines) is 1. The molecule has 168 valence electrons. The second-order valence-corrected chi connectivity index (χ2v) is 10.3. The summed E-state index contributed by atoms with van der Waals surface area (Å²) in [6.45, 7) is 16.4. The summed E-state index contributed by atoms with van der Waals surface area (Å²) in [7, 11) is 0. The lowest BCUT2D eigenvalue weighted by Gasteiger charge is -2.29. The molecule has 0 saturated carbocycles. The molecule has 2 rings (SSSR count). The first-order valence-electron chi connectivity index (χ1n) is 10.7. The number of carbonyl (C=O) groups excluding carboxylic acids is 2. The molecule has 30 heavy (non-hydrogen) atoms. The number of hydrogen-bond acceptors (Lipinski definition) is 5. The van der Waals surface area contributed by atoms with Crippen LogP contribution in [0.5, 0.6) is 0 Å². The van der Waals surface area contributed by atoms with Crippen molar-refractivity contribution in [1.29, 1.82) is 0 Å². The van der Waals surface area contributed by atoms with E-state index in [1.807, 2.05) is 67.5 Å². The van der Waals surface area contributed by atoms with E-state index in [-0.39, 0.29) is 18.1 Å². The number of pyridine rings is 1. The summed E-state index contributed by atoms with van der Waals surface area (Å²) in [5.74, 6) is 0.806. The first kappa shape index (κ1) is 24.0. The van der Waals surface area contributed by atoms with Crippen molar-refractivity contribution in [3.8, 4) is 0 Å². The molecule has 0 N–H and O–H groups in total. The standard InChI is InChI=1S/C23H37N3O4/c1-16(2)15-26(21(28)30-23(6,7)8)19-12-11-17(14-24-19)18-10-9-13-25(18)20(27)29-22(3,4)5/h11-12,14,16,18H,9-10,13,15H2,1-8H3/t18-/m0/s1. The monoisotopic (exact) mass is 419 g/mol. The number of rotatable bonds is 4. The van der Waals surface area contributed by atoms with Crippen molar-refractivity contribution in [1.82, 2.24) is 9.88 Å². The fourth-order valence-electron chi connectivity index (χ4n) is 3.35. The van der Waals surface area contributed by atoms with Gasteiger partial charge in [-0.05, 0) is 71.9 Å². The molecule has 1 aromatic heterocycles. The molecule has 2 heterocycles. The van der Waals surface area contributed by atoms with Crippen LogP contribution in [0.4, 0.5) is 15.4 Å². The van der Waals surface area contributed by atoms with Crippen LogP contribution >= 0.6 is 0 Å². The van der Waals surface area contributed by atoms with Gasteiger partial charge in [-0.3, -0.25) is 4.90 Å². The second kappa shape index (κ2) is 9.23. The number of amides is 2. The lowest BCUT2D eigenvalue weighted by molar-refractivity contribution is 0.0224. The Morgan fingerprint density at radius 2 is 1.77 bits per heavy atom. The zero-order valence-corrected chi connectivity index (χ0v) is 19.7. The molecule has 1 aliphatic rings. The molecule has 0 spiro atoms. The second-order valence-electron chi connectivity index (χ2n) is 10.3. The molecule has 0 radical (unpaired) electrons. The largest absolute Gasteiger partial charge is 0.444 e. The minimum absolute atomic E-state index is 0.0681. The van der Waals surface area contributed by atoms with Gasteiger partial charge in [0, 0.05) is 19.3 Å². The van der Waals surface area contributed by atoms with Gasteiger partial charge in [0.1, 0.15) is 17.0 Å². The van der Waals surface area contributed by atoms with E-state index in [0.29, 0.717) is 18.9 Å². The maximum atomic E-state index is 12.7. The average Bonchev–Trinajstić information content (AvgIpc) is 3.06. The number of aromatic nitrogens is 1. The van der Waals surface area contributed by atoms with Crippen LogP contribution in [-0.2, 0) is 9.47 Å². The van der Waals surface area contributed by atoms with Gasteiger partial charge in [0.25, 0.3) is 0 Å². The van der Waals surface area contributed by atoms with Crippen LogP contribution in [0.25, 0.3) is 0 Å². The molecular weight excluding hydrogens is 382 g/mol. The molecule has 1 aromatic rings. The summed E-state index contributed by atoms with van der Waals surface area (Å²) in [6, 6.07) is 3.70. The topological polar surface area (TPSA) is 72.0 Å². The van der Waals surface area contributed by atoms with Crippen molar-refractivity contribution < 1.29 is 19.1 Å². The number of hydrogen-bond donors (Lipinski definition) is 0. The van der Waals surface area contributed by atoms with E-state index in [1.54, 1.807) is 16.0 Å². The number of carbonyl (C=O) groups is 2. The van der Waals surface area contributed by atoms with Crippen molar-refractivity contribution in [2.24, 2.45) is 5.92 Å². The molecular formula is C23H37N3O4. The van der Waals surface area contributed by atoms with E-state index in [9.17, 15) is 9.59 Å². The van der Waals surface area contributed by atoms with Crippen LogP contribution in [0.2, 0.25) is 0 Å². The summed E-state index contributed by atoms with van der Waals surface area (Å²) in [4.78, 5) is 33.2. The summed E-state index contributed by atoms with van der Waals surface area (Å²) in [5.41, 5.74) is -0.169. The van der Waals surface area contributed by atoms with Crippen LogP contribution in [0.1, 0.15) is 79.8 Å². The highest BCUT2D eigenvalue weighted by atomic mass is 16.6. The predicted molar refractivity (Wildman–Crippen MR) is 118 cm³/mol. The Morgan fingerprint density at radius 3 is 2.27 bits per heavy atom. The molecule has 0 aliphatic carbocycles. The van der Waals surface area contributed by atoms with E-state index < -0.39 is 17.3 Å². The Bertz CT molecular complexity index is 732. The minimum atomic E-state index is -0.579. The van der Waals surface area contributed by atoms with Gasteiger partial charge < -0.3 is 14.4 Å². The smallest absolute Gasteiger partial charge is 0.416 e. The first-order chi connectivity index (χ1) is 13.8. The minimum Gasteiger partial charge on any atom is -0.444 e. The Morgan fingerprint density at radius 1 is 1.13 bits per heavy atom. The molecule has 2 amide bonds. The fraction of sp³-hybridized carbons (Fsp3) is 0.696. The summed E-state index contributed by atoms with van der Waals surface area (Å²) < 4.78 is 11.1. The van der Waals surface area contributed by atoms with Gasteiger partial charge in [-0.15, -0.1) is 0 Å². The van der Waals surface area contributed by atoms with Crippen molar-refractivity contribution in [3.63, 3.8) is 0 Å². The molecule has 1 atom stereocenters. The lowest BCUT2D eigenvalue weighted by Crippen LogP contribution is -2.39. The molecule has 0 aromatic carbocycles. The highest BCUT2D eigenvalue weighted by Crippen LogP contribution is 2.33. The molecule has 1 saturated heterocycles. The summed E-state index contributed by atoms with van der Waals surface area (Å²) >= 11 is 0. The van der Waals surface area contributed by atoms with Crippen molar-refractivity contribution in [2.75, 3.05) is 18.0 Å². The van der Waals surface area contributed by atoms with Crippen molar-refractivity contribution in [2.45, 2.75) is 85.5 Å². The third kappa shape index (κ3) is 6.89. The van der Waals surface area contributed by atoms with Gasteiger partial charge in [-0.1, -0.05) is 19.9 Å². The van der Waals surface area contributed by atoms with Gasteiger partial charge >= 0.3 is 12.2 Å². The van der Waals surface area contributed by atoms with Gasteiger partial charge in [0.15, 0.2) is 0 Å². The Balaban J connectivity index is 2.20. The van der Waals surface area contributed by atoms with Crippen molar-refractivity contribution in [3.05, 3.63) is 23.9 Å². The quantitative estimate of drug-likeness (QED) is 0.640. The molecule has 7 heteroatoms. The fourth-order valence-corrected chi connectivity index (χ4v) is 3.35. The van der Waals surface area contributed by atoms with E-state index in [4.69, 9.17) is 9.47 Å². The van der Waals surface area contributed by atoms with Crippen LogP contribution in [-0.4, -0.2) is 46.4 Å². The number of anilines is 1. The maximum Gasteiger partial charge on any atom is 0.416 e. The van der Waals surface area contributed by atoms with Gasteiger partial charge in [-0.2, -0.15) is 0 Å². The number of ether oxygens (including phenoxy) is 2. The van der Waals surface area contributed by atoms with Crippen LogP contribution in [0, 0.1) is 5.92 Å². The Hall–Kier alpha value is -2.31. The highest BCUT2D eigenvalue weighted by molar-refractivity contribution is 5.86. The highest BCUT2D eigenvalue weighted by Gasteiger charge is 2.33. The third-order valence-electron chi connectivity index (χ3n) is 4.47. The molecule has 0 bridgehead atoms. The summed E-state index contributed by atoms with van der Waals surface area (Å²) in [5, 5.41) is 0. The zero-order chi connectivity index (χ0) is 22.7. The SMILES string of the molecule is CC(C)CN(C(=O)OC(C)(C)C)c1ccc([C@@H]2CCCN2C(=O)OC(C)(C)C)cn1. The number of nitrogens with zero attached hydrogens (tertiary/aromatic N) is 3. The van der Waals surface area contributed by atoms with Crippen molar-refractivity contribution >= 4 is 18.0 Å². The van der Waals surface area contributed by atoms with Gasteiger partial charge in [0.2, 0.25) is 0 Å². The van der Waals surface area contributed by atoms with E-state index in [2.05, 4.69) is 4.98 Å². The molecule has 0 unspecified atom stereocenters. The zero-order valence-electron chi connectivity index (χ0n) is 19.7. The van der Waals surface area contributed by atoms with Gasteiger partial charge in [-0.25, -0.2) is 14.6 Å². The van der Waals surface area contributed by atoms with Crippen LogP contribution < -0.4 is 4.90 Å². The first-order valence-corrected chi connectivity index (χ1v) is 10.7. The molecule has 7 nitrogen and oxygen atoms in total.